The molecule has 1 radical (unpaired) electrons. The molecule has 0 aliphatic carbocycles. The fraction of sp³-hybridized carbons (Fsp3) is 1.00. The van der Waals surface area contributed by atoms with Gasteiger partial charge in [0.2, 0.25) is 0 Å². The Labute approximate surface area is 85.9 Å². The molecule has 0 atom stereocenters. The maximum Gasteiger partial charge on any atom is 3.00 e. The molecule has 0 spiro atoms. The van der Waals surface area contributed by atoms with Gasteiger partial charge >= 0.3 is 17.1 Å². The summed E-state index contributed by atoms with van der Waals surface area (Å²) in [6.45, 7) is 1.11. The van der Waals surface area contributed by atoms with E-state index in [1.807, 2.05) is 0 Å². The zero-order chi connectivity index (χ0) is 5.91. The molecule has 0 rings (SSSR count). The topological polar surface area (TPSA) is 20.2 Å². The molecule has 1 N–H and O–H groups in total. The van der Waals surface area contributed by atoms with Crippen LogP contribution in [0.4, 0.5) is 0 Å². The van der Waals surface area contributed by atoms with Gasteiger partial charge in [-0.3, -0.25) is 0 Å². The van der Waals surface area contributed by atoms with Crippen molar-refractivity contribution in [2.24, 2.45) is 0 Å². The SMILES string of the molecule is C[N+](C)(C)CCO.Cl.[Cl-].[Fe+3]. The minimum Gasteiger partial charge on any atom is -1.00 e. The second-order valence-corrected chi connectivity index (χ2v) is 2.74. The Bertz CT molecular complexity index is 58.1. The number of hydrogen-bond acceptors (Lipinski definition) is 1. The van der Waals surface area contributed by atoms with Crippen LogP contribution in [0, 0.1) is 0 Å². The zero-order valence-electron chi connectivity index (χ0n) is 6.45. The quantitative estimate of drug-likeness (QED) is 0.400. The van der Waals surface area contributed by atoms with Gasteiger partial charge in [-0.05, 0) is 0 Å². The molecule has 0 aromatic heterocycles. The molecule has 0 aromatic rings. The fourth-order valence-electron chi connectivity index (χ4n) is 0.300. The second kappa shape index (κ2) is 10.0. The summed E-state index contributed by atoms with van der Waals surface area (Å²) in [4.78, 5) is 0. The Morgan fingerprint density at radius 3 is 1.50 bits per heavy atom. The number of nitrogens with zero attached hydrogens (tertiary/aromatic N) is 1. The summed E-state index contributed by atoms with van der Waals surface area (Å²) < 4.78 is 0.844. The molecule has 2 nitrogen and oxygen atoms in total. The van der Waals surface area contributed by atoms with E-state index < -0.39 is 0 Å². The van der Waals surface area contributed by atoms with E-state index in [9.17, 15) is 0 Å². The standard InChI is InChI=1S/C5H14NO.2ClH.Fe/c1-6(2,3)4-5-7;;;/h7H,4-5H2,1-3H3;2*1H;/q+1;;;+3/p-1. The Kier molecular flexibility index (Phi) is 22.5. The van der Waals surface area contributed by atoms with Gasteiger partial charge < -0.3 is 22.0 Å². The third-order valence-electron chi connectivity index (χ3n) is 0.771. The van der Waals surface area contributed by atoms with E-state index in [-0.39, 0.29) is 48.5 Å². The van der Waals surface area contributed by atoms with Crippen molar-refractivity contribution < 1.29 is 39.1 Å². The molecule has 0 bridgehead atoms. The van der Waals surface area contributed by atoms with Crippen molar-refractivity contribution in [3.8, 4) is 0 Å². The predicted octanol–water partition coefficient (Wildman–Crippen LogP) is -2.89. The van der Waals surface area contributed by atoms with Crippen molar-refractivity contribution in [1.29, 1.82) is 0 Å². The minimum absolute atomic E-state index is 0. The van der Waals surface area contributed by atoms with Gasteiger partial charge in [-0.25, -0.2) is 0 Å². The van der Waals surface area contributed by atoms with E-state index in [1.54, 1.807) is 0 Å². The van der Waals surface area contributed by atoms with Crippen LogP contribution in [-0.2, 0) is 17.1 Å². The van der Waals surface area contributed by atoms with Gasteiger partial charge in [-0.15, -0.1) is 12.4 Å². The van der Waals surface area contributed by atoms with Crippen LogP contribution in [0.1, 0.15) is 0 Å². The zero-order valence-corrected chi connectivity index (χ0v) is 9.13. The summed E-state index contributed by atoms with van der Waals surface area (Å²) in [5.74, 6) is 0. The molecule has 0 aliphatic heterocycles. The van der Waals surface area contributed by atoms with Crippen molar-refractivity contribution in [1.82, 2.24) is 0 Å². The van der Waals surface area contributed by atoms with Gasteiger partial charge in [0.1, 0.15) is 6.54 Å². The van der Waals surface area contributed by atoms with Gasteiger partial charge in [0.05, 0.1) is 27.7 Å². The summed E-state index contributed by atoms with van der Waals surface area (Å²) in [6, 6.07) is 0. The molecular weight excluding hydrogens is 217 g/mol. The van der Waals surface area contributed by atoms with E-state index in [4.69, 9.17) is 5.11 Å². The van der Waals surface area contributed by atoms with Crippen LogP contribution in [0.5, 0.6) is 0 Å². The van der Waals surface area contributed by atoms with Crippen LogP contribution in [0.3, 0.4) is 0 Å². The first-order chi connectivity index (χ1) is 3.06. The molecule has 0 unspecified atom stereocenters. The van der Waals surface area contributed by atoms with Crippen molar-refractivity contribution in [3.63, 3.8) is 0 Å². The molecule has 0 saturated heterocycles. The van der Waals surface area contributed by atoms with E-state index in [2.05, 4.69) is 21.1 Å². The number of aliphatic hydroxyl groups is 1. The average Bonchev–Trinajstić information content (AvgIpc) is 1.30. The van der Waals surface area contributed by atoms with Gasteiger partial charge in [-0.1, -0.05) is 0 Å². The minimum atomic E-state index is 0. The van der Waals surface area contributed by atoms with E-state index in [0.29, 0.717) is 0 Å². The van der Waals surface area contributed by atoms with Gasteiger partial charge in [0, 0.05) is 0 Å². The summed E-state index contributed by atoms with van der Waals surface area (Å²) in [5.41, 5.74) is 0. The normalized spacial score (nSPS) is 8.40. The third-order valence-corrected chi connectivity index (χ3v) is 0.771. The molecule has 0 heterocycles. The summed E-state index contributed by atoms with van der Waals surface area (Å²) >= 11 is 0. The maximum atomic E-state index is 8.39. The Morgan fingerprint density at radius 2 is 1.50 bits per heavy atom. The Balaban J connectivity index is -0.0000000600. The Morgan fingerprint density at radius 1 is 1.20 bits per heavy atom. The largest absolute Gasteiger partial charge is 3.00 e. The van der Waals surface area contributed by atoms with Crippen molar-refractivity contribution >= 4 is 12.4 Å². The van der Waals surface area contributed by atoms with Gasteiger partial charge in [0.25, 0.3) is 0 Å². The smallest absolute Gasteiger partial charge is 1.00 e. The maximum absolute atomic E-state index is 8.39. The summed E-state index contributed by atoms with van der Waals surface area (Å²) in [7, 11) is 6.16. The second-order valence-electron chi connectivity index (χ2n) is 2.74. The van der Waals surface area contributed by atoms with Crippen molar-refractivity contribution in [2.75, 3.05) is 34.3 Å². The van der Waals surface area contributed by atoms with Crippen LogP contribution in [-0.4, -0.2) is 43.9 Å². The molecule has 0 saturated carbocycles. The molecule has 0 amide bonds. The molecule has 5 heteroatoms. The van der Waals surface area contributed by atoms with Gasteiger partial charge in [0.15, 0.2) is 0 Å². The predicted molar refractivity (Wildman–Crippen MR) is 37.2 cm³/mol. The van der Waals surface area contributed by atoms with Crippen LogP contribution in [0.15, 0.2) is 0 Å². The fourth-order valence-corrected chi connectivity index (χ4v) is 0.300. The average molecular weight is 232 g/mol. The molecule has 0 aromatic carbocycles. The number of rotatable bonds is 2. The summed E-state index contributed by atoms with van der Waals surface area (Å²) in [5, 5.41) is 8.39. The van der Waals surface area contributed by atoms with E-state index in [0.717, 1.165) is 11.0 Å². The van der Waals surface area contributed by atoms with Crippen molar-refractivity contribution in [3.05, 3.63) is 0 Å². The van der Waals surface area contributed by atoms with Crippen LogP contribution >= 0.6 is 12.4 Å². The van der Waals surface area contributed by atoms with E-state index >= 15 is 0 Å². The van der Waals surface area contributed by atoms with E-state index in [1.165, 1.54) is 0 Å². The number of hydrogen-bond donors (Lipinski definition) is 1. The van der Waals surface area contributed by atoms with Crippen LogP contribution < -0.4 is 12.4 Å². The summed E-state index contributed by atoms with van der Waals surface area (Å²) in [6.07, 6.45) is 0. The van der Waals surface area contributed by atoms with Crippen LogP contribution in [0.25, 0.3) is 0 Å². The molecule has 10 heavy (non-hydrogen) atoms. The molecule has 0 fully saturated rings. The number of halogens is 2. The monoisotopic (exact) mass is 231 g/mol. The first-order valence-electron chi connectivity index (χ1n) is 2.47. The van der Waals surface area contributed by atoms with Crippen LogP contribution in [0.2, 0.25) is 0 Å². The molecule has 0 aliphatic rings. The molecule has 65 valence electrons. The number of likely N-dealkylation sites (N-methyl/N-ethyl adjacent to an activating group) is 1. The first-order valence-corrected chi connectivity index (χ1v) is 2.47. The first kappa shape index (κ1) is 22.5. The molecular formula is C5H15Cl2FeNO+3. The van der Waals surface area contributed by atoms with Crippen molar-refractivity contribution in [2.45, 2.75) is 0 Å². The van der Waals surface area contributed by atoms with Gasteiger partial charge in [-0.2, -0.15) is 0 Å². The Hall–Kier alpha value is 1.02. The number of aliphatic hydroxyl groups excluding tert-OH is 1. The third kappa shape index (κ3) is 23.0. The number of quaternary nitrogens is 1.